The number of aliphatic hydroxyl groups excluding tert-OH is 2. The molecule has 1 unspecified atom stereocenters. The van der Waals surface area contributed by atoms with Crippen LogP contribution >= 0.6 is 11.6 Å². The Hall–Kier alpha value is -2.56. The molecule has 0 saturated heterocycles. The van der Waals surface area contributed by atoms with E-state index in [1.165, 1.54) is 4.90 Å². The Morgan fingerprint density at radius 2 is 2.13 bits per heavy atom. The third-order valence-electron chi connectivity index (χ3n) is 4.98. The molecule has 2 aliphatic rings. The van der Waals surface area contributed by atoms with E-state index in [2.05, 4.69) is 10.6 Å². The van der Waals surface area contributed by atoms with E-state index in [1.54, 1.807) is 18.4 Å². The lowest BCUT2D eigenvalue weighted by Gasteiger charge is -2.32. The zero-order chi connectivity index (χ0) is 22.8. The second kappa shape index (κ2) is 9.29. The van der Waals surface area contributed by atoms with Crippen LogP contribution in [0.25, 0.3) is 0 Å². The van der Waals surface area contributed by atoms with Crippen molar-refractivity contribution in [1.29, 1.82) is 0 Å². The van der Waals surface area contributed by atoms with Crippen LogP contribution in [0.2, 0.25) is 0 Å². The Labute approximate surface area is 180 Å². The van der Waals surface area contributed by atoms with E-state index in [0.29, 0.717) is 35.7 Å². The van der Waals surface area contributed by atoms with Gasteiger partial charge in [0.1, 0.15) is 11.9 Å². The van der Waals surface area contributed by atoms with Gasteiger partial charge in [0.05, 0.1) is 18.2 Å². The molecule has 0 aromatic heterocycles. The van der Waals surface area contributed by atoms with Crippen LogP contribution in [-0.2, 0) is 6.18 Å². The Morgan fingerprint density at radius 3 is 2.68 bits per heavy atom. The van der Waals surface area contributed by atoms with Crippen molar-refractivity contribution in [2.75, 3.05) is 25.0 Å². The van der Waals surface area contributed by atoms with Gasteiger partial charge in [0.2, 0.25) is 0 Å². The van der Waals surface area contributed by atoms with Crippen LogP contribution in [0.3, 0.4) is 0 Å². The summed E-state index contributed by atoms with van der Waals surface area (Å²) in [5.74, 6) is -1.46. The van der Waals surface area contributed by atoms with Gasteiger partial charge in [-0.05, 0) is 41.8 Å². The second-order valence-corrected chi connectivity index (χ2v) is 7.51. The average molecular weight is 462 g/mol. The van der Waals surface area contributed by atoms with Crippen molar-refractivity contribution in [3.63, 3.8) is 0 Å². The fourth-order valence-electron chi connectivity index (χ4n) is 3.28. The quantitative estimate of drug-likeness (QED) is 0.409. The van der Waals surface area contributed by atoms with E-state index >= 15 is 0 Å². The van der Waals surface area contributed by atoms with Gasteiger partial charge in [0.15, 0.2) is 0 Å². The number of rotatable bonds is 4. The number of benzene rings is 1. The highest BCUT2D eigenvalue weighted by molar-refractivity contribution is 6.30. The summed E-state index contributed by atoms with van der Waals surface area (Å²) in [6, 6.07) is 1.31. The number of dihydropyridines is 1. The zero-order valence-corrected chi connectivity index (χ0v) is 16.8. The summed E-state index contributed by atoms with van der Waals surface area (Å²) in [6.07, 6.45) is -0.445. The highest BCUT2D eigenvalue weighted by atomic mass is 35.5. The number of aliphatic hydroxyl groups is 2. The number of nitrogens with zero attached hydrogens (tertiary/aromatic N) is 1. The number of amides is 2. The molecule has 4 N–H and O–H groups in total. The molecule has 1 aromatic carbocycles. The third kappa shape index (κ3) is 5.38. The summed E-state index contributed by atoms with van der Waals surface area (Å²) in [6.45, 7) is 0.107. The van der Waals surface area contributed by atoms with Crippen molar-refractivity contribution in [1.82, 2.24) is 10.2 Å². The molecule has 2 amide bonds. The van der Waals surface area contributed by atoms with E-state index in [0.717, 1.165) is 11.6 Å². The lowest BCUT2D eigenvalue weighted by atomic mass is 9.96. The minimum absolute atomic E-state index is 0.0784. The molecule has 168 valence electrons. The molecule has 2 heterocycles. The van der Waals surface area contributed by atoms with Gasteiger partial charge in [-0.1, -0.05) is 17.7 Å². The van der Waals surface area contributed by atoms with Crippen LogP contribution < -0.4 is 10.6 Å². The van der Waals surface area contributed by atoms with Gasteiger partial charge in [-0.15, -0.1) is 0 Å². The standard InChI is InChI=1S/C20H20ClF4N3O3/c21-15-7-12(17(30)10-29)9-26-18(15)11-3-5-28(6-4-11)19(31)27-13-1-2-14(16(22)8-13)20(23,24)25/h1-3,7-9,17-18,26,29-30H,4-6,10H2,(H,27,31)/t17?,18-/m0/s1. The molecule has 6 nitrogen and oxygen atoms in total. The SMILES string of the molecule is O=C(Nc1ccc(C(F)(F)F)c(F)c1)N1CC=C([C@@H]2NC=C(C(O)CO)C=C2Cl)CC1. The van der Waals surface area contributed by atoms with Gasteiger partial charge in [0, 0.05) is 30.0 Å². The molecular weight excluding hydrogens is 442 g/mol. The van der Waals surface area contributed by atoms with Crippen molar-refractivity contribution in [2.24, 2.45) is 0 Å². The molecule has 3 rings (SSSR count). The first-order valence-corrected chi connectivity index (χ1v) is 9.71. The summed E-state index contributed by atoms with van der Waals surface area (Å²) < 4.78 is 51.6. The van der Waals surface area contributed by atoms with Crippen LogP contribution in [-0.4, -0.2) is 53.0 Å². The van der Waals surface area contributed by atoms with E-state index < -0.39 is 36.3 Å². The third-order valence-corrected chi connectivity index (χ3v) is 5.31. The lowest BCUT2D eigenvalue weighted by molar-refractivity contribution is -0.139. The number of hydrogen-bond donors (Lipinski definition) is 4. The number of hydrogen-bond acceptors (Lipinski definition) is 4. The van der Waals surface area contributed by atoms with Gasteiger partial charge in [-0.3, -0.25) is 0 Å². The second-order valence-electron chi connectivity index (χ2n) is 7.07. The number of halogens is 5. The normalized spacial score (nSPS) is 20.3. The summed E-state index contributed by atoms with van der Waals surface area (Å²) in [4.78, 5) is 13.8. The first-order valence-electron chi connectivity index (χ1n) is 9.34. The smallest absolute Gasteiger partial charge is 0.393 e. The predicted molar refractivity (Wildman–Crippen MR) is 107 cm³/mol. The van der Waals surface area contributed by atoms with Crippen LogP contribution in [0.1, 0.15) is 12.0 Å². The summed E-state index contributed by atoms with van der Waals surface area (Å²) in [5, 5.41) is 24.6. The van der Waals surface area contributed by atoms with E-state index in [1.807, 2.05) is 0 Å². The highest BCUT2D eigenvalue weighted by Gasteiger charge is 2.34. The maximum Gasteiger partial charge on any atom is 0.419 e. The topological polar surface area (TPSA) is 84.8 Å². The maximum atomic E-state index is 13.7. The minimum atomic E-state index is -4.81. The predicted octanol–water partition coefficient (Wildman–Crippen LogP) is 3.34. The van der Waals surface area contributed by atoms with E-state index in [4.69, 9.17) is 16.7 Å². The maximum absolute atomic E-state index is 13.7. The molecule has 0 spiro atoms. The van der Waals surface area contributed by atoms with Crippen LogP contribution in [0, 0.1) is 5.82 Å². The number of alkyl halides is 3. The molecule has 1 aromatic rings. The monoisotopic (exact) mass is 461 g/mol. The Balaban J connectivity index is 1.60. The van der Waals surface area contributed by atoms with Gasteiger partial charge in [-0.2, -0.15) is 13.2 Å². The number of urea groups is 1. The van der Waals surface area contributed by atoms with Crippen molar-refractivity contribution < 1.29 is 32.6 Å². The molecule has 0 aliphatic carbocycles. The van der Waals surface area contributed by atoms with Crippen molar-refractivity contribution >= 4 is 23.3 Å². The molecule has 0 fully saturated rings. The van der Waals surface area contributed by atoms with Crippen LogP contribution in [0.5, 0.6) is 0 Å². The Kier molecular flexibility index (Phi) is 6.93. The van der Waals surface area contributed by atoms with E-state index in [9.17, 15) is 27.5 Å². The number of carbonyl (C=O) groups is 1. The van der Waals surface area contributed by atoms with Crippen molar-refractivity contribution in [2.45, 2.75) is 24.7 Å². The fraction of sp³-hybridized carbons (Fsp3) is 0.350. The van der Waals surface area contributed by atoms with Crippen LogP contribution in [0.4, 0.5) is 28.0 Å². The summed E-state index contributed by atoms with van der Waals surface area (Å²) in [5.41, 5.74) is -0.111. The lowest BCUT2D eigenvalue weighted by Crippen LogP contribution is -2.41. The van der Waals surface area contributed by atoms with Crippen molar-refractivity contribution in [3.05, 3.63) is 64.1 Å². The first kappa shape index (κ1) is 23.1. The molecule has 31 heavy (non-hydrogen) atoms. The largest absolute Gasteiger partial charge is 0.419 e. The van der Waals surface area contributed by atoms with Gasteiger partial charge in [-0.25, -0.2) is 9.18 Å². The average Bonchev–Trinajstić information content (AvgIpc) is 2.72. The van der Waals surface area contributed by atoms with Gasteiger partial charge >= 0.3 is 12.2 Å². The highest BCUT2D eigenvalue weighted by Crippen LogP contribution is 2.32. The number of anilines is 1. The number of nitrogens with one attached hydrogen (secondary N) is 2. The number of carbonyl (C=O) groups excluding carboxylic acids is 1. The Morgan fingerprint density at radius 1 is 1.39 bits per heavy atom. The molecule has 2 atom stereocenters. The van der Waals surface area contributed by atoms with Gasteiger partial charge in [0.25, 0.3) is 0 Å². The zero-order valence-electron chi connectivity index (χ0n) is 16.1. The molecule has 0 bridgehead atoms. The van der Waals surface area contributed by atoms with Gasteiger partial charge < -0.3 is 25.7 Å². The fourth-order valence-corrected chi connectivity index (χ4v) is 3.61. The summed E-state index contributed by atoms with van der Waals surface area (Å²) in [7, 11) is 0. The molecule has 2 aliphatic heterocycles. The van der Waals surface area contributed by atoms with Crippen molar-refractivity contribution in [3.8, 4) is 0 Å². The Bertz CT molecular complexity index is 946. The van der Waals surface area contributed by atoms with E-state index in [-0.39, 0.29) is 18.3 Å². The molecule has 0 saturated carbocycles. The first-order chi connectivity index (χ1) is 14.6. The molecule has 11 heteroatoms. The molecule has 0 radical (unpaired) electrons. The molecular formula is C20H20ClF4N3O3. The summed E-state index contributed by atoms with van der Waals surface area (Å²) >= 11 is 6.29. The minimum Gasteiger partial charge on any atom is -0.393 e. The van der Waals surface area contributed by atoms with Crippen LogP contribution in [0.15, 0.2) is 52.7 Å².